The highest BCUT2D eigenvalue weighted by Crippen LogP contribution is 2.28. The van der Waals surface area contributed by atoms with E-state index in [2.05, 4.69) is 0 Å². The van der Waals surface area contributed by atoms with Gasteiger partial charge in [-0.05, 0) is 19.8 Å². The van der Waals surface area contributed by atoms with Crippen LogP contribution in [-0.2, 0) is 19.1 Å². The van der Waals surface area contributed by atoms with Crippen molar-refractivity contribution in [2.24, 2.45) is 29.6 Å². The fourth-order valence-electron chi connectivity index (χ4n) is 3.75. The topological polar surface area (TPSA) is 101 Å². The monoisotopic (exact) mass is 384 g/mol. The summed E-state index contributed by atoms with van der Waals surface area (Å²) in [5, 5.41) is 21.2. The second kappa shape index (κ2) is 10.3. The second-order valence-corrected chi connectivity index (χ2v) is 8.28. The number of carbonyl (C=O) groups excluding carboxylic acids is 3. The Kier molecular flexibility index (Phi) is 9.09. The minimum absolute atomic E-state index is 0.103. The van der Waals surface area contributed by atoms with Crippen molar-refractivity contribution in [3.63, 3.8) is 0 Å². The summed E-state index contributed by atoms with van der Waals surface area (Å²) in [6.07, 6.45) is -0.746. The van der Waals surface area contributed by atoms with E-state index in [1.54, 1.807) is 34.6 Å². The number of hydrogen-bond donors (Lipinski definition) is 2. The number of aliphatic hydroxyl groups is 2. The van der Waals surface area contributed by atoms with Gasteiger partial charge in [0.15, 0.2) is 0 Å². The van der Waals surface area contributed by atoms with Crippen LogP contribution in [0, 0.1) is 29.6 Å². The Hall–Kier alpha value is -1.27. The van der Waals surface area contributed by atoms with Gasteiger partial charge in [-0.3, -0.25) is 14.4 Å². The summed E-state index contributed by atoms with van der Waals surface area (Å²) in [7, 11) is 0. The maximum absolute atomic E-state index is 12.6. The average Bonchev–Trinajstić information content (AvgIpc) is 2.66. The van der Waals surface area contributed by atoms with Gasteiger partial charge in [0.1, 0.15) is 17.7 Å². The van der Waals surface area contributed by atoms with Crippen LogP contribution in [0.2, 0.25) is 0 Å². The lowest BCUT2D eigenvalue weighted by molar-refractivity contribution is -0.165. The highest BCUT2D eigenvalue weighted by atomic mass is 16.5. The first-order chi connectivity index (χ1) is 12.5. The predicted molar refractivity (Wildman–Crippen MR) is 102 cm³/mol. The van der Waals surface area contributed by atoms with Crippen LogP contribution in [0.1, 0.15) is 67.2 Å². The molecule has 8 atom stereocenters. The highest BCUT2D eigenvalue weighted by molar-refractivity contribution is 5.86. The molecular formula is C21H36O6. The van der Waals surface area contributed by atoms with Crippen LogP contribution in [0.4, 0.5) is 0 Å². The highest BCUT2D eigenvalue weighted by Gasteiger charge is 2.38. The van der Waals surface area contributed by atoms with Gasteiger partial charge in [-0.1, -0.05) is 41.0 Å². The summed E-state index contributed by atoms with van der Waals surface area (Å²) in [6.45, 7) is 10.3. The third kappa shape index (κ3) is 5.85. The van der Waals surface area contributed by atoms with Crippen LogP contribution < -0.4 is 0 Å². The zero-order valence-corrected chi connectivity index (χ0v) is 17.5. The number of rotatable bonds is 2. The van der Waals surface area contributed by atoms with Crippen LogP contribution >= 0.6 is 0 Å². The number of ketones is 2. The van der Waals surface area contributed by atoms with Crippen molar-refractivity contribution in [1.82, 2.24) is 0 Å². The second-order valence-electron chi connectivity index (χ2n) is 8.28. The van der Waals surface area contributed by atoms with Crippen LogP contribution in [0.3, 0.4) is 0 Å². The molecule has 1 aliphatic rings. The van der Waals surface area contributed by atoms with Gasteiger partial charge in [0.2, 0.25) is 0 Å². The Labute approximate surface area is 162 Å². The molecule has 1 rings (SSSR count). The van der Waals surface area contributed by atoms with Crippen molar-refractivity contribution in [2.45, 2.75) is 85.5 Å². The molecule has 0 spiro atoms. The molecule has 0 aromatic heterocycles. The maximum atomic E-state index is 12.6. The Bertz CT molecular complexity index is 531. The van der Waals surface area contributed by atoms with E-state index in [1.807, 2.05) is 6.92 Å². The average molecular weight is 385 g/mol. The van der Waals surface area contributed by atoms with Crippen molar-refractivity contribution in [2.75, 3.05) is 0 Å². The molecule has 0 amide bonds. The predicted octanol–water partition coefficient (Wildman–Crippen LogP) is 2.53. The quantitative estimate of drug-likeness (QED) is 0.710. The lowest BCUT2D eigenvalue weighted by Crippen LogP contribution is -2.43. The van der Waals surface area contributed by atoms with E-state index in [4.69, 9.17) is 4.74 Å². The summed E-state index contributed by atoms with van der Waals surface area (Å²) < 4.78 is 5.61. The van der Waals surface area contributed by atoms with Gasteiger partial charge >= 0.3 is 5.97 Å². The minimum Gasteiger partial charge on any atom is -0.462 e. The standard InChI is InChI=1S/C21H36O6/c1-7-8-17-13(4)19(24)12(3)16(22)10-9-11(2)18(23)14(5)20(25)15(6)21(26)27-17/h11-15,17,19-20,24-25H,7-10H2,1-6H3. The molecular weight excluding hydrogens is 348 g/mol. The number of ether oxygens (including phenoxy) is 1. The molecule has 1 aliphatic heterocycles. The SMILES string of the molecule is CCCC1OC(=O)C(C)C(O)C(C)C(=O)C(C)CCC(=O)C(C)C(O)C1C. The number of cyclic esters (lactones) is 1. The van der Waals surface area contributed by atoms with Crippen molar-refractivity contribution in [3.05, 3.63) is 0 Å². The maximum Gasteiger partial charge on any atom is 0.311 e. The Morgan fingerprint density at radius 2 is 1.52 bits per heavy atom. The summed E-state index contributed by atoms with van der Waals surface area (Å²) in [4.78, 5) is 37.6. The lowest BCUT2D eigenvalue weighted by Gasteiger charge is -2.33. The molecule has 0 radical (unpaired) electrons. The third-order valence-electron chi connectivity index (χ3n) is 6.14. The van der Waals surface area contributed by atoms with Gasteiger partial charge in [-0.2, -0.15) is 0 Å². The third-order valence-corrected chi connectivity index (χ3v) is 6.14. The molecule has 156 valence electrons. The molecule has 1 fully saturated rings. The molecule has 6 nitrogen and oxygen atoms in total. The van der Waals surface area contributed by atoms with Crippen molar-refractivity contribution < 1.29 is 29.3 Å². The molecule has 1 heterocycles. The molecule has 0 aromatic carbocycles. The fourth-order valence-corrected chi connectivity index (χ4v) is 3.75. The van der Waals surface area contributed by atoms with Gasteiger partial charge < -0.3 is 14.9 Å². The normalized spacial score (nSPS) is 40.4. The largest absolute Gasteiger partial charge is 0.462 e. The molecule has 0 saturated carbocycles. The number of aliphatic hydroxyl groups excluding tert-OH is 2. The first-order valence-corrected chi connectivity index (χ1v) is 10.2. The molecule has 0 aliphatic carbocycles. The zero-order valence-electron chi connectivity index (χ0n) is 17.5. The minimum atomic E-state index is -1.15. The lowest BCUT2D eigenvalue weighted by atomic mass is 9.81. The van der Waals surface area contributed by atoms with Crippen molar-refractivity contribution >= 4 is 17.5 Å². The molecule has 1 saturated heterocycles. The number of carbonyl (C=O) groups is 3. The van der Waals surface area contributed by atoms with Crippen LogP contribution in [0.5, 0.6) is 0 Å². The first-order valence-electron chi connectivity index (χ1n) is 10.2. The summed E-state index contributed by atoms with van der Waals surface area (Å²) in [5.41, 5.74) is 0. The molecule has 8 unspecified atom stereocenters. The van der Waals surface area contributed by atoms with E-state index in [1.165, 1.54) is 0 Å². The summed E-state index contributed by atoms with van der Waals surface area (Å²) in [6, 6.07) is 0. The Balaban J connectivity index is 3.18. The van der Waals surface area contributed by atoms with Gasteiger partial charge in [0.05, 0.1) is 18.1 Å². The van der Waals surface area contributed by atoms with Gasteiger partial charge in [-0.15, -0.1) is 0 Å². The van der Waals surface area contributed by atoms with Gasteiger partial charge in [0, 0.05) is 30.1 Å². The smallest absolute Gasteiger partial charge is 0.311 e. The van der Waals surface area contributed by atoms with Crippen molar-refractivity contribution in [3.8, 4) is 0 Å². The van der Waals surface area contributed by atoms with E-state index >= 15 is 0 Å². The summed E-state index contributed by atoms with van der Waals surface area (Å²) in [5.74, 6) is -3.82. The van der Waals surface area contributed by atoms with E-state index in [9.17, 15) is 24.6 Å². The summed E-state index contributed by atoms with van der Waals surface area (Å²) >= 11 is 0. The zero-order chi connectivity index (χ0) is 20.9. The van der Waals surface area contributed by atoms with Crippen LogP contribution in [0.15, 0.2) is 0 Å². The Morgan fingerprint density at radius 1 is 0.926 bits per heavy atom. The molecule has 0 bridgehead atoms. The van der Waals surface area contributed by atoms with Gasteiger partial charge in [0.25, 0.3) is 0 Å². The Morgan fingerprint density at radius 3 is 2.07 bits per heavy atom. The molecule has 0 aromatic rings. The first kappa shape index (κ1) is 23.8. The molecule has 6 heteroatoms. The van der Waals surface area contributed by atoms with E-state index in [0.29, 0.717) is 12.8 Å². The van der Waals surface area contributed by atoms with E-state index in [-0.39, 0.29) is 18.0 Å². The molecule has 27 heavy (non-hydrogen) atoms. The fraction of sp³-hybridized carbons (Fsp3) is 0.857. The molecule has 2 N–H and O–H groups in total. The van der Waals surface area contributed by atoms with Crippen molar-refractivity contribution in [1.29, 1.82) is 0 Å². The number of Topliss-reactive ketones (excluding diaryl/α,β-unsaturated/α-hetero) is 2. The van der Waals surface area contributed by atoms with E-state index < -0.39 is 53.9 Å². The number of hydrogen-bond acceptors (Lipinski definition) is 6. The van der Waals surface area contributed by atoms with Crippen LogP contribution in [-0.4, -0.2) is 46.1 Å². The van der Waals surface area contributed by atoms with Crippen LogP contribution in [0.25, 0.3) is 0 Å². The van der Waals surface area contributed by atoms with E-state index in [0.717, 1.165) is 6.42 Å². The number of esters is 1. The van der Waals surface area contributed by atoms with Gasteiger partial charge in [-0.25, -0.2) is 0 Å².